The van der Waals surface area contributed by atoms with E-state index in [1.165, 1.54) is 0 Å². The Kier molecular flexibility index (Phi) is 9.18. The van der Waals surface area contributed by atoms with Gasteiger partial charge in [0.2, 0.25) is 0 Å². The lowest BCUT2D eigenvalue weighted by molar-refractivity contribution is -0.138. The van der Waals surface area contributed by atoms with Crippen LogP contribution in [0.1, 0.15) is 67.3 Å². The van der Waals surface area contributed by atoms with E-state index in [1.54, 1.807) is 6.08 Å². The zero-order valence-corrected chi connectivity index (χ0v) is 25.2. The van der Waals surface area contributed by atoms with Crippen LogP contribution in [0.5, 0.6) is 0 Å². The number of aliphatic imine (C=N–C) groups is 1. The predicted octanol–water partition coefficient (Wildman–Crippen LogP) is 2.71. The molecular weight excluding hydrogens is 548 g/mol. The number of aromatic nitrogens is 2. The van der Waals surface area contributed by atoms with E-state index >= 15 is 0 Å². The van der Waals surface area contributed by atoms with Crippen LogP contribution in [0, 0.1) is 19.8 Å². The second-order valence-electron chi connectivity index (χ2n) is 11.1. The third kappa shape index (κ3) is 6.38. The molecule has 0 aliphatic carbocycles. The SMILES string of the molecule is C=CC1=C(C)C(Cc2[nH]c(/C=c3/[nH]/c(=C/C4=NC(=O)C(C)/C4=C/C)c(C)c3CCC(=O)O)c(CCC(=O)O)c2C)NC1=O. The van der Waals surface area contributed by atoms with Gasteiger partial charge in [0.25, 0.3) is 11.8 Å². The van der Waals surface area contributed by atoms with Gasteiger partial charge in [0, 0.05) is 46.9 Å². The fourth-order valence-corrected chi connectivity index (χ4v) is 5.90. The average Bonchev–Trinajstić information content (AvgIpc) is 3.59. The van der Waals surface area contributed by atoms with Crippen LogP contribution < -0.4 is 16.0 Å². The number of H-pyrrole nitrogens is 2. The van der Waals surface area contributed by atoms with Gasteiger partial charge in [-0.25, -0.2) is 4.99 Å². The summed E-state index contributed by atoms with van der Waals surface area (Å²) in [5, 5.41) is 23.3. The zero-order chi connectivity index (χ0) is 31.6. The van der Waals surface area contributed by atoms with Crippen LogP contribution in [-0.4, -0.2) is 55.7 Å². The number of hydrogen-bond acceptors (Lipinski definition) is 4. The third-order valence-electron chi connectivity index (χ3n) is 8.50. The topological polar surface area (TPSA) is 165 Å². The fourth-order valence-electron chi connectivity index (χ4n) is 5.90. The fraction of sp³-hybridized carbons (Fsp3) is 0.364. The molecule has 0 radical (unpaired) electrons. The molecule has 10 heteroatoms. The van der Waals surface area contributed by atoms with E-state index in [1.807, 2.05) is 52.8 Å². The van der Waals surface area contributed by atoms with Gasteiger partial charge in [-0.05, 0) is 93.0 Å². The first-order chi connectivity index (χ1) is 20.4. The number of carbonyl (C=O) groups is 4. The Bertz CT molecular complexity index is 1750. The van der Waals surface area contributed by atoms with E-state index in [0.29, 0.717) is 34.1 Å². The number of hydrogen-bond donors (Lipinski definition) is 5. The van der Waals surface area contributed by atoms with Crippen molar-refractivity contribution in [2.75, 3.05) is 0 Å². The number of nitrogens with zero attached hydrogens (tertiary/aromatic N) is 1. The molecule has 2 aliphatic heterocycles. The van der Waals surface area contributed by atoms with Gasteiger partial charge in [0.1, 0.15) is 0 Å². The number of aliphatic carboxylic acids is 2. The smallest absolute Gasteiger partial charge is 0.303 e. The van der Waals surface area contributed by atoms with Crippen molar-refractivity contribution >= 4 is 41.6 Å². The van der Waals surface area contributed by atoms with Gasteiger partial charge in [0.05, 0.1) is 17.7 Å². The van der Waals surface area contributed by atoms with Crippen LogP contribution >= 0.6 is 0 Å². The van der Waals surface area contributed by atoms with Crippen LogP contribution in [0.25, 0.3) is 12.2 Å². The lowest BCUT2D eigenvalue weighted by Crippen LogP contribution is -2.30. The molecule has 2 atom stereocenters. The molecule has 0 spiro atoms. The molecule has 0 fully saturated rings. The van der Waals surface area contributed by atoms with E-state index < -0.39 is 11.9 Å². The molecule has 0 bridgehead atoms. The highest BCUT2D eigenvalue weighted by Crippen LogP contribution is 2.27. The summed E-state index contributed by atoms with van der Waals surface area (Å²) in [6.45, 7) is 13.2. The number of aromatic amines is 2. The number of allylic oxidation sites excluding steroid dienone is 1. The molecule has 43 heavy (non-hydrogen) atoms. The largest absolute Gasteiger partial charge is 0.481 e. The molecule has 0 aromatic carbocycles. The van der Waals surface area contributed by atoms with Gasteiger partial charge < -0.3 is 25.5 Å². The highest BCUT2D eigenvalue weighted by Gasteiger charge is 2.29. The summed E-state index contributed by atoms with van der Waals surface area (Å²) in [6, 6.07) is -0.226. The first kappa shape index (κ1) is 31.2. The monoisotopic (exact) mass is 586 g/mol. The standard InChI is InChI=1S/C33H38N4O6/c1-7-20-19(6)32(42)37-27(20)14-25-18(5)23(10-12-31(40)41)29(35-25)15-28-22(9-11-30(38)39)17(4)24(34-28)13-26-16(3)21(8-2)33(43)36-26/h7-8,14-15,19,26,34-35H,2,9-13H2,1,3-6H3,(H,36,43)(H,38,39)(H,40,41)/b20-7-,25-14+,29-15+. The third-order valence-corrected chi connectivity index (χ3v) is 8.50. The molecule has 4 rings (SSSR count). The number of nitrogens with one attached hydrogen (secondary N) is 3. The van der Waals surface area contributed by atoms with Crippen LogP contribution in [0.15, 0.2) is 40.4 Å². The summed E-state index contributed by atoms with van der Waals surface area (Å²) in [7, 11) is 0. The summed E-state index contributed by atoms with van der Waals surface area (Å²) in [6.07, 6.45) is 8.05. The molecule has 2 aromatic heterocycles. The molecule has 2 amide bonds. The Labute approximate surface area is 249 Å². The van der Waals surface area contributed by atoms with Gasteiger partial charge in [-0.2, -0.15) is 0 Å². The minimum Gasteiger partial charge on any atom is -0.481 e. The Morgan fingerprint density at radius 3 is 2.19 bits per heavy atom. The van der Waals surface area contributed by atoms with Crippen LogP contribution in [0.2, 0.25) is 0 Å². The second kappa shape index (κ2) is 12.6. The van der Waals surface area contributed by atoms with Crippen molar-refractivity contribution in [3.63, 3.8) is 0 Å². The maximum absolute atomic E-state index is 12.4. The van der Waals surface area contributed by atoms with Gasteiger partial charge in [-0.1, -0.05) is 18.7 Å². The lowest BCUT2D eigenvalue weighted by Gasteiger charge is -2.12. The van der Waals surface area contributed by atoms with E-state index in [2.05, 4.69) is 26.9 Å². The maximum atomic E-state index is 12.4. The van der Waals surface area contributed by atoms with Crippen molar-refractivity contribution in [3.05, 3.63) is 79.8 Å². The Morgan fingerprint density at radius 2 is 1.60 bits per heavy atom. The first-order valence-electron chi connectivity index (χ1n) is 14.3. The molecule has 5 N–H and O–H groups in total. The van der Waals surface area contributed by atoms with Crippen LogP contribution in [0.4, 0.5) is 0 Å². The highest BCUT2D eigenvalue weighted by molar-refractivity contribution is 6.29. The molecular formula is C33H38N4O6. The Hall–Kier alpha value is -4.73. The van der Waals surface area contributed by atoms with Crippen LogP contribution in [-0.2, 0) is 38.4 Å². The summed E-state index contributed by atoms with van der Waals surface area (Å²) in [5.74, 6) is -2.54. The molecule has 4 heterocycles. The van der Waals surface area contributed by atoms with Gasteiger partial charge in [-0.3, -0.25) is 19.2 Å². The minimum absolute atomic E-state index is 0.0640. The van der Waals surface area contributed by atoms with Crippen molar-refractivity contribution in [1.82, 2.24) is 15.3 Å². The predicted molar refractivity (Wildman–Crippen MR) is 164 cm³/mol. The normalized spacial score (nSPS) is 20.4. The van der Waals surface area contributed by atoms with E-state index in [-0.39, 0.29) is 49.5 Å². The number of carboxylic acids is 2. The van der Waals surface area contributed by atoms with Crippen molar-refractivity contribution in [2.45, 2.75) is 72.8 Å². The Balaban J connectivity index is 1.86. The van der Waals surface area contributed by atoms with Crippen molar-refractivity contribution in [2.24, 2.45) is 10.9 Å². The summed E-state index contributed by atoms with van der Waals surface area (Å²) in [4.78, 5) is 58.8. The summed E-state index contributed by atoms with van der Waals surface area (Å²) in [5.41, 5.74) is 7.85. The number of rotatable bonds is 11. The molecule has 2 aromatic rings. The number of carbonyl (C=O) groups excluding carboxylic acids is 2. The van der Waals surface area contributed by atoms with Crippen molar-refractivity contribution in [1.29, 1.82) is 0 Å². The van der Waals surface area contributed by atoms with E-state index in [0.717, 1.165) is 39.1 Å². The average molecular weight is 587 g/mol. The lowest BCUT2D eigenvalue weighted by atomic mass is 9.98. The highest BCUT2D eigenvalue weighted by atomic mass is 16.4. The Morgan fingerprint density at radius 1 is 0.953 bits per heavy atom. The van der Waals surface area contributed by atoms with Crippen LogP contribution in [0.3, 0.4) is 0 Å². The first-order valence-corrected chi connectivity index (χ1v) is 14.3. The minimum atomic E-state index is -0.922. The number of amides is 2. The summed E-state index contributed by atoms with van der Waals surface area (Å²) >= 11 is 0. The summed E-state index contributed by atoms with van der Waals surface area (Å²) < 4.78 is 0. The van der Waals surface area contributed by atoms with Gasteiger partial charge >= 0.3 is 11.9 Å². The maximum Gasteiger partial charge on any atom is 0.303 e. The van der Waals surface area contributed by atoms with Gasteiger partial charge in [0.15, 0.2) is 0 Å². The van der Waals surface area contributed by atoms with Crippen molar-refractivity contribution in [3.8, 4) is 0 Å². The molecule has 2 aliphatic rings. The quantitative estimate of drug-likeness (QED) is 0.272. The van der Waals surface area contributed by atoms with E-state index in [9.17, 15) is 29.4 Å². The number of carboxylic acid groups (broad SMARTS) is 2. The molecule has 0 saturated carbocycles. The molecule has 10 nitrogen and oxygen atoms in total. The molecule has 226 valence electrons. The van der Waals surface area contributed by atoms with E-state index in [4.69, 9.17) is 0 Å². The molecule has 0 saturated heterocycles. The van der Waals surface area contributed by atoms with Crippen molar-refractivity contribution < 1.29 is 29.4 Å². The zero-order valence-electron chi connectivity index (χ0n) is 25.2. The van der Waals surface area contributed by atoms with Gasteiger partial charge in [-0.15, -0.1) is 0 Å². The molecule has 2 unspecified atom stereocenters. The second-order valence-corrected chi connectivity index (χ2v) is 11.1.